The Hall–Kier alpha value is -2.23. The van der Waals surface area contributed by atoms with Gasteiger partial charge in [-0.2, -0.15) is 0 Å². The van der Waals surface area contributed by atoms with Crippen LogP contribution in [0, 0.1) is 0 Å². The van der Waals surface area contributed by atoms with Crippen LogP contribution < -0.4 is 29.6 Å². The third-order valence-corrected chi connectivity index (χ3v) is 6.96. The van der Waals surface area contributed by atoms with E-state index in [4.69, 9.17) is 14.3 Å². The molecule has 0 bridgehead atoms. The molecule has 0 aromatic carbocycles. The Morgan fingerprint density at radius 3 is 1.65 bits per heavy atom. The molecular weight excluding hydrogens is 573 g/mol. The Morgan fingerprint density at radius 1 is 0.850 bits per heavy atom. The average molecular weight is 604 g/mol. The van der Waals surface area contributed by atoms with Crippen molar-refractivity contribution in [3.8, 4) is 0 Å². The van der Waals surface area contributed by atoms with Gasteiger partial charge in [-0.05, 0) is 0 Å². The Morgan fingerprint density at radius 2 is 1.27 bits per heavy atom. The Labute approximate surface area is 252 Å². The molecule has 1 N–H and O–H groups in total. The Bertz CT molecular complexity index is 1020. The molecular formula is C20H30N5NaO13S. The molecule has 2 amide bonds. The van der Waals surface area contributed by atoms with Crippen LogP contribution in [-0.2, 0) is 53.2 Å². The van der Waals surface area contributed by atoms with Gasteiger partial charge in [0, 0.05) is 52.4 Å². The number of amides is 2. The van der Waals surface area contributed by atoms with Gasteiger partial charge in [-0.3, -0.25) is 43.6 Å². The van der Waals surface area contributed by atoms with E-state index in [1.54, 1.807) is 19.6 Å². The van der Waals surface area contributed by atoms with Crippen LogP contribution in [0.4, 0.5) is 0 Å². The minimum absolute atomic E-state index is 0. The molecule has 220 valence electrons. The zero-order valence-electron chi connectivity index (χ0n) is 21.9. The van der Waals surface area contributed by atoms with Crippen molar-refractivity contribution in [3.05, 3.63) is 0 Å². The van der Waals surface area contributed by atoms with E-state index in [2.05, 4.69) is 0 Å². The van der Waals surface area contributed by atoms with E-state index >= 15 is 0 Å². The number of rotatable bonds is 12. The van der Waals surface area contributed by atoms with Crippen LogP contribution in [0.1, 0.15) is 6.42 Å². The van der Waals surface area contributed by atoms with Crippen molar-refractivity contribution >= 4 is 46.8 Å². The number of carbonyl (C=O) groups is 6. The molecule has 2 saturated heterocycles. The van der Waals surface area contributed by atoms with E-state index in [0.29, 0.717) is 26.1 Å². The number of hydrogen-bond donors (Lipinski definition) is 1. The van der Waals surface area contributed by atoms with Gasteiger partial charge in [0.15, 0.2) is 0 Å². The zero-order chi connectivity index (χ0) is 29.0. The number of imide groups is 1. The van der Waals surface area contributed by atoms with Crippen molar-refractivity contribution in [2.24, 2.45) is 0 Å². The predicted molar refractivity (Wildman–Crippen MR) is 124 cm³/mol. The summed E-state index contributed by atoms with van der Waals surface area (Å²) >= 11 is 0. The van der Waals surface area contributed by atoms with Crippen molar-refractivity contribution < 1.29 is 90.7 Å². The summed E-state index contributed by atoms with van der Waals surface area (Å²) < 4.78 is 43.3. The molecule has 2 rings (SSSR count). The molecule has 0 radical (unpaired) electrons. The smallest absolute Gasteiger partial charge is 0.747 e. The van der Waals surface area contributed by atoms with Gasteiger partial charge in [0.1, 0.15) is 28.8 Å². The van der Waals surface area contributed by atoms with Crippen LogP contribution in [0.2, 0.25) is 0 Å². The van der Waals surface area contributed by atoms with Gasteiger partial charge in [0.2, 0.25) is 0 Å². The minimum atomic E-state index is -5.13. The standard InChI is InChI=1S/C20H31N5O13S.Na/c26-14-36-12-23-5-3-21(10-18(29)30)1-2-22(4-6-24(8-7-23)13-37-15-27)11-19(31)38-25-17(28)9-16(20(25)32)39(33,34)35;/h14-16H,1-13H2,(H,29,30)(H,33,34,35);/q;+1/p-1. The quantitative estimate of drug-likeness (QED) is 0.0946. The number of nitrogens with zero attached hydrogens (tertiary/aromatic N) is 5. The summed E-state index contributed by atoms with van der Waals surface area (Å²) in [5.41, 5.74) is 0. The fraction of sp³-hybridized carbons (Fsp3) is 0.700. The number of ether oxygens (including phenoxy) is 2. The van der Waals surface area contributed by atoms with E-state index in [9.17, 15) is 46.8 Å². The molecule has 2 aliphatic heterocycles. The summed E-state index contributed by atoms with van der Waals surface area (Å²) in [5, 5.41) is 7.07. The van der Waals surface area contributed by atoms with Crippen LogP contribution >= 0.6 is 0 Å². The summed E-state index contributed by atoms with van der Waals surface area (Å²) in [5.74, 6) is -4.79. The monoisotopic (exact) mass is 603 g/mol. The van der Waals surface area contributed by atoms with Gasteiger partial charge in [-0.15, -0.1) is 5.06 Å². The minimum Gasteiger partial charge on any atom is -0.747 e. The largest absolute Gasteiger partial charge is 1.00 e. The van der Waals surface area contributed by atoms with Crippen LogP contribution in [0.15, 0.2) is 0 Å². The van der Waals surface area contributed by atoms with E-state index < -0.39 is 52.1 Å². The summed E-state index contributed by atoms with van der Waals surface area (Å²) in [4.78, 5) is 80.8. The van der Waals surface area contributed by atoms with Gasteiger partial charge in [0.05, 0.1) is 19.5 Å². The first-order valence-corrected chi connectivity index (χ1v) is 13.2. The van der Waals surface area contributed by atoms with Gasteiger partial charge in [-0.1, -0.05) is 0 Å². The maximum Gasteiger partial charge on any atom is 1.00 e. The van der Waals surface area contributed by atoms with E-state index in [1.165, 1.54) is 0 Å². The normalized spacial score (nSPS) is 21.0. The fourth-order valence-corrected chi connectivity index (χ4v) is 4.52. The number of hydroxylamine groups is 2. The second-order valence-corrected chi connectivity index (χ2v) is 10.2. The number of carboxylic acid groups (broad SMARTS) is 1. The van der Waals surface area contributed by atoms with Gasteiger partial charge < -0.3 is 24.0 Å². The molecule has 0 aliphatic carbocycles. The fourth-order valence-electron chi connectivity index (χ4n) is 3.83. The molecule has 0 saturated carbocycles. The molecule has 2 heterocycles. The number of hydrogen-bond acceptors (Lipinski definition) is 16. The van der Waals surface area contributed by atoms with Gasteiger partial charge in [-0.25, -0.2) is 13.2 Å². The molecule has 18 nitrogen and oxygen atoms in total. The summed E-state index contributed by atoms with van der Waals surface area (Å²) in [6, 6.07) is 0. The summed E-state index contributed by atoms with van der Waals surface area (Å²) in [7, 11) is -5.13. The first-order chi connectivity index (χ1) is 18.4. The molecule has 0 aromatic rings. The van der Waals surface area contributed by atoms with E-state index in [0.717, 1.165) is 0 Å². The second-order valence-electron chi connectivity index (χ2n) is 8.64. The van der Waals surface area contributed by atoms with Crippen LogP contribution in [0.3, 0.4) is 0 Å². The summed E-state index contributed by atoms with van der Waals surface area (Å²) in [6.07, 6.45) is -0.938. The predicted octanol–water partition coefficient (Wildman–Crippen LogP) is -7.31. The molecule has 0 aromatic heterocycles. The van der Waals surface area contributed by atoms with E-state index in [1.807, 2.05) is 0 Å². The van der Waals surface area contributed by atoms with Crippen molar-refractivity contribution in [1.82, 2.24) is 24.7 Å². The number of carboxylic acids is 1. The number of carbonyl (C=O) groups excluding carboxylic acids is 5. The third-order valence-electron chi connectivity index (χ3n) is 5.90. The molecule has 20 heteroatoms. The first kappa shape index (κ1) is 35.8. The molecule has 0 spiro atoms. The maximum absolute atomic E-state index is 12.6. The van der Waals surface area contributed by atoms with Gasteiger partial charge in [0.25, 0.3) is 24.8 Å². The summed E-state index contributed by atoms with van der Waals surface area (Å²) in [6.45, 7) is 1.66. The topological polar surface area (TPSA) is 224 Å². The average Bonchev–Trinajstić information content (AvgIpc) is 3.14. The van der Waals surface area contributed by atoms with Crippen molar-refractivity contribution in [2.45, 2.75) is 11.7 Å². The SMILES string of the molecule is O=COCN1CCN(COC=O)CCN(CC(=O)ON2C(=O)CC(S(=O)(=O)[O-])C2=O)CCN(CC(=O)O)CC1.[Na+]. The van der Waals surface area contributed by atoms with Crippen LogP contribution in [-0.4, -0.2) is 164 Å². The Balaban J connectivity index is 0.00000800. The molecule has 1 atom stereocenters. The van der Waals surface area contributed by atoms with Crippen molar-refractivity contribution in [1.29, 1.82) is 0 Å². The molecule has 1 unspecified atom stereocenters. The van der Waals surface area contributed by atoms with Crippen molar-refractivity contribution in [3.63, 3.8) is 0 Å². The van der Waals surface area contributed by atoms with Crippen LogP contribution in [0.25, 0.3) is 0 Å². The molecule has 2 aliphatic rings. The number of aliphatic carboxylic acids is 1. The molecule has 40 heavy (non-hydrogen) atoms. The zero-order valence-corrected chi connectivity index (χ0v) is 24.7. The van der Waals surface area contributed by atoms with E-state index in [-0.39, 0.29) is 93.8 Å². The Kier molecular flexibility index (Phi) is 15.7. The van der Waals surface area contributed by atoms with Crippen molar-refractivity contribution in [2.75, 3.05) is 78.9 Å². The third kappa shape index (κ3) is 12.1. The molecule has 2 fully saturated rings. The van der Waals surface area contributed by atoms with Crippen LogP contribution in [0.5, 0.6) is 0 Å². The second kappa shape index (κ2) is 17.6. The first-order valence-electron chi connectivity index (χ1n) is 11.7. The van der Waals surface area contributed by atoms with Gasteiger partial charge >= 0.3 is 41.5 Å². The maximum atomic E-state index is 12.6.